The number of pyridine rings is 1. The minimum absolute atomic E-state index is 0.425. The van der Waals surface area contributed by atoms with Gasteiger partial charge in [0.2, 0.25) is 17.8 Å². The van der Waals surface area contributed by atoms with Crippen molar-refractivity contribution in [2.45, 2.75) is 20.4 Å². The first-order chi connectivity index (χ1) is 12.8. The van der Waals surface area contributed by atoms with E-state index < -0.39 is 0 Å². The lowest BCUT2D eigenvalue weighted by Crippen LogP contribution is -2.25. The molecular formula is C17H21N9. The Bertz CT molecular complexity index is 807. The molecule has 9 nitrogen and oxygen atoms in total. The lowest BCUT2D eigenvalue weighted by atomic mass is 10.3. The van der Waals surface area contributed by atoms with E-state index in [1.54, 1.807) is 24.7 Å². The van der Waals surface area contributed by atoms with E-state index in [0.29, 0.717) is 30.2 Å². The highest BCUT2D eigenvalue weighted by atomic mass is 15.3. The van der Waals surface area contributed by atoms with Crippen LogP contribution in [0, 0.1) is 0 Å². The van der Waals surface area contributed by atoms with Crippen LogP contribution in [0.4, 0.5) is 23.7 Å². The van der Waals surface area contributed by atoms with Gasteiger partial charge in [0.15, 0.2) is 0 Å². The molecule has 0 aliphatic carbocycles. The molecule has 3 aromatic rings. The molecule has 0 aromatic carbocycles. The molecule has 0 spiro atoms. The first kappa shape index (κ1) is 17.5. The highest BCUT2D eigenvalue weighted by molar-refractivity contribution is 5.51. The summed E-state index contributed by atoms with van der Waals surface area (Å²) in [5.41, 5.74) is 1.04. The second-order valence-corrected chi connectivity index (χ2v) is 5.39. The summed E-state index contributed by atoms with van der Waals surface area (Å²) in [6, 6.07) is 5.64. The standard InChI is InChI=1S/C17H21N9/c1-3-26(4-2)17-24-15(20-11-13-6-5-8-18-10-13)23-16(25-17)22-14-7-9-19-12-21-14/h5-10,12H,3-4,11H2,1-2H3,(H2,19,20,21,22,23,24,25). The van der Waals surface area contributed by atoms with E-state index in [2.05, 4.69) is 59.3 Å². The average Bonchev–Trinajstić information content (AvgIpc) is 2.69. The molecule has 0 unspecified atom stereocenters. The molecule has 2 N–H and O–H groups in total. The van der Waals surface area contributed by atoms with Crippen LogP contribution in [0.2, 0.25) is 0 Å². The van der Waals surface area contributed by atoms with Gasteiger partial charge in [0.25, 0.3) is 0 Å². The molecule has 0 radical (unpaired) electrons. The first-order valence-electron chi connectivity index (χ1n) is 8.45. The van der Waals surface area contributed by atoms with Gasteiger partial charge in [-0.1, -0.05) is 6.07 Å². The van der Waals surface area contributed by atoms with Crippen molar-refractivity contribution in [1.82, 2.24) is 29.9 Å². The van der Waals surface area contributed by atoms with Crippen LogP contribution in [0.1, 0.15) is 19.4 Å². The molecule has 0 fully saturated rings. The normalized spacial score (nSPS) is 10.4. The third-order valence-corrected chi connectivity index (χ3v) is 3.67. The van der Waals surface area contributed by atoms with Crippen LogP contribution < -0.4 is 15.5 Å². The maximum Gasteiger partial charge on any atom is 0.235 e. The van der Waals surface area contributed by atoms with Gasteiger partial charge >= 0.3 is 0 Å². The first-order valence-corrected chi connectivity index (χ1v) is 8.45. The highest BCUT2D eigenvalue weighted by Crippen LogP contribution is 2.16. The number of hydrogen-bond donors (Lipinski definition) is 2. The summed E-state index contributed by atoms with van der Waals surface area (Å²) in [5.74, 6) is 2.14. The zero-order chi connectivity index (χ0) is 18.2. The number of hydrogen-bond acceptors (Lipinski definition) is 9. The molecule has 26 heavy (non-hydrogen) atoms. The van der Waals surface area contributed by atoms with Gasteiger partial charge in [-0.15, -0.1) is 0 Å². The van der Waals surface area contributed by atoms with E-state index in [0.717, 1.165) is 18.7 Å². The van der Waals surface area contributed by atoms with Crippen LogP contribution in [0.15, 0.2) is 43.1 Å². The van der Waals surface area contributed by atoms with Crippen molar-refractivity contribution in [3.8, 4) is 0 Å². The van der Waals surface area contributed by atoms with Gasteiger partial charge in [0.1, 0.15) is 12.1 Å². The summed E-state index contributed by atoms with van der Waals surface area (Å²) in [6.45, 7) is 6.30. The number of rotatable bonds is 8. The summed E-state index contributed by atoms with van der Waals surface area (Å²) in [7, 11) is 0. The van der Waals surface area contributed by atoms with E-state index >= 15 is 0 Å². The third-order valence-electron chi connectivity index (χ3n) is 3.67. The zero-order valence-electron chi connectivity index (χ0n) is 14.8. The number of nitrogens with zero attached hydrogens (tertiary/aromatic N) is 7. The zero-order valence-corrected chi connectivity index (χ0v) is 14.8. The van der Waals surface area contributed by atoms with Crippen molar-refractivity contribution in [2.75, 3.05) is 28.6 Å². The van der Waals surface area contributed by atoms with E-state index in [1.807, 2.05) is 12.1 Å². The lowest BCUT2D eigenvalue weighted by molar-refractivity contribution is 0.813. The van der Waals surface area contributed by atoms with Crippen molar-refractivity contribution < 1.29 is 0 Å². The molecule has 3 heterocycles. The Labute approximate surface area is 152 Å². The third kappa shape index (κ3) is 4.59. The molecule has 0 saturated heterocycles. The minimum atomic E-state index is 0.425. The Kier molecular flexibility index (Phi) is 5.81. The molecule has 0 aliphatic heterocycles. The van der Waals surface area contributed by atoms with Crippen molar-refractivity contribution in [3.05, 3.63) is 48.7 Å². The van der Waals surface area contributed by atoms with Crippen molar-refractivity contribution in [1.29, 1.82) is 0 Å². The molecule has 134 valence electrons. The molecule has 3 aromatic heterocycles. The maximum atomic E-state index is 4.53. The fraction of sp³-hybridized carbons (Fsp3) is 0.294. The number of aromatic nitrogens is 6. The monoisotopic (exact) mass is 351 g/mol. The highest BCUT2D eigenvalue weighted by Gasteiger charge is 2.12. The Morgan fingerprint density at radius 3 is 2.50 bits per heavy atom. The number of anilines is 4. The van der Waals surface area contributed by atoms with Gasteiger partial charge in [0, 0.05) is 38.2 Å². The van der Waals surface area contributed by atoms with E-state index in [-0.39, 0.29) is 0 Å². The van der Waals surface area contributed by atoms with E-state index in [1.165, 1.54) is 6.33 Å². The van der Waals surface area contributed by atoms with Crippen molar-refractivity contribution in [2.24, 2.45) is 0 Å². The largest absolute Gasteiger partial charge is 0.350 e. The molecule has 0 amide bonds. The quantitative estimate of drug-likeness (QED) is 0.632. The summed E-state index contributed by atoms with van der Waals surface area (Å²) >= 11 is 0. The van der Waals surface area contributed by atoms with Crippen LogP contribution in [0.25, 0.3) is 0 Å². The van der Waals surface area contributed by atoms with Crippen LogP contribution in [0.3, 0.4) is 0 Å². The van der Waals surface area contributed by atoms with Gasteiger partial charge in [-0.25, -0.2) is 9.97 Å². The summed E-state index contributed by atoms with van der Waals surface area (Å²) in [6.07, 6.45) is 6.67. The molecule has 3 rings (SSSR count). The smallest absolute Gasteiger partial charge is 0.235 e. The summed E-state index contributed by atoms with van der Waals surface area (Å²) in [4.78, 5) is 27.7. The lowest BCUT2D eigenvalue weighted by Gasteiger charge is -2.19. The van der Waals surface area contributed by atoms with Crippen LogP contribution in [-0.2, 0) is 6.54 Å². The fourth-order valence-corrected chi connectivity index (χ4v) is 2.31. The second-order valence-electron chi connectivity index (χ2n) is 5.39. The maximum absolute atomic E-state index is 4.53. The Morgan fingerprint density at radius 1 is 0.962 bits per heavy atom. The second kappa shape index (κ2) is 8.65. The topological polar surface area (TPSA) is 105 Å². The Hall–Kier alpha value is -3.36. The van der Waals surface area contributed by atoms with Gasteiger partial charge in [-0.3, -0.25) is 4.98 Å². The predicted octanol–water partition coefficient (Wildman–Crippen LogP) is 2.26. The summed E-state index contributed by atoms with van der Waals surface area (Å²) in [5, 5.41) is 6.32. The predicted molar refractivity (Wildman–Crippen MR) is 100 cm³/mol. The van der Waals surface area contributed by atoms with E-state index in [9.17, 15) is 0 Å². The summed E-state index contributed by atoms with van der Waals surface area (Å²) < 4.78 is 0. The molecule has 0 atom stereocenters. The van der Waals surface area contributed by atoms with Crippen molar-refractivity contribution in [3.63, 3.8) is 0 Å². The molecule has 0 saturated carbocycles. The molecule has 0 aliphatic rings. The molecule has 0 bridgehead atoms. The van der Waals surface area contributed by atoms with Crippen molar-refractivity contribution >= 4 is 23.7 Å². The van der Waals surface area contributed by atoms with Crippen LogP contribution >= 0.6 is 0 Å². The van der Waals surface area contributed by atoms with Gasteiger partial charge in [-0.05, 0) is 31.5 Å². The minimum Gasteiger partial charge on any atom is -0.350 e. The van der Waals surface area contributed by atoms with Gasteiger partial charge in [-0.2, -0.15) is 15.0 Å². The average molecular weight is 351 g/mol. The Balaban J connectivity index is 1.84. The van der Waals surface area contributed by atoms with Crippen LogP contribution in [0.5, 0.6) is 0 Å². The van der Waals surface area contributed by atoms with Gasteiger partial charge < -0.3 is 15.5 Å². The van der Waals surface area contributed by atoms with Crippen LogP contribution in [-0.4, -0.2) is 43.0 Å². The molecular weight excluding hydrogens is 330 g/mol. The SMILES string of the molecule is CCN(CC)c1nc(NCc2cccnc2)nc(Nc2ccncn2)n1. The van der Waals surface area contributed by atoms with E-state index in [4.69, 9.17) is 0 Å². The fourth-order valence-electron chi connectivity index (χ4n) is 2.31. The van der Waals surface area contributed by atoms with Gasteiger partial charge in [0.05, 0.1) is 0 Å². The molecule has 9 heteroatoms. The number of nitrogens with one attached hydrogen (secondary N) is 2. The Morgan fingerprint density at radius 2 is 1.81 bits per heavy atom.